The van der Waals surface area contributed by atoms with E-state index >= 15 is 0 Å². The molecule has 0 aliphatic rings. The van der Waals surface area contributed by atoms with E-state index in [1.54, 1.807) is 0 Å². The topological polar surface area (TPSA) is 6.48 Å². The van der Waals surface area contributed by atoms with Crippen molar-refractivity contribution >= 4 is 108 Å². The summed E-state index contributed by atoms with van der Waals surface area (Å²) < 4.78 is 5.18. The molecule has 2 aromatic heterocycles. The highest BCUT2D eigenvalue weighted by Gasteiger charge is 2.21. The molecule has 0 amide bonds. The summed E-state index contributed by atoms with van der Waals surface area (Å²) in [6.07, 6.45) is 0. The van der Waals surface area contributed by atoms with Gasteiger partial charge in [0.2, 0.25) is 0 Å². The van der Waals surface area contributed by atoms with Crippen molar-refractivity contribution in [1.29, 1.82) is 0 Å². The molecule has 0 spiro atoms. The number of hydrogen-bond donors (Lipinski definition) is 0. The highest BCUT2D eigenvalue weighted by atomic mass is 32.1. The number of fused-ring (bicyclic) bond motifs is 8. The number of benzene rings is 8. The molecule has 2 nitrogen and oxygen atoms in total. The molecule has 0 aliphatic carbocycles. The van der Waals surface area contributed by atoms with Gasteiger partial charge in [-0.3, -0.25) is 0 Å². The molecule has 10 rings (SSSR count). The average Bonchev–Trinajstić information content (AvgIpc) is 3.74. The Hall–Kier alpha value is -5.94. The molecule has 0 aliphatic heterocycles. The Labute approximate surface area is 298 Å². The van der Waals surface area contributed by atoms with Crippen LogP contribution in [0.25, 0.3) is 51.1 Å². The van der Waals surface area contributed by atoms with E-state index in [9.17, 15) is 0 Å². The van der Waals surface area contributed by atoms with E-state index in [2.05, 4.69) is 192 Å². The van der Waals surface area contributed by atoms with Crippen LogP contribution < -0.4 is 9.80 Å². The van der Waals surface area contributed by atoms with Crippen molar-refractivity contribution < 1.29 is 0 Å². The highest BCUT2D eigenvalue weighted by molar-refractivity contribution is 7.26. The molecule has 2 heterocycles. The molecule has 0 N–H and O–H groups in total. The molecular weight excluding hydrogens is 645 g/mol. The van der Waals surface area contributed by atoms with Crippen LogP contribution >= 0.6 is 22.7 Å². The van der Waals surface area contributed by atoms with Crippen LogP contribution in [0.4, 0.5) is 34.1 Å². The molecule has 0 radical (unpaired) electrons. The first-order chi connectivity index (χ1) is 24.8. The van der Waals surface area contributed by atoms with Crippen molar-refractivity contribution in [3.8, 4) is 0 Å². The molecule has 8 aromatic carbocycles. The van der Waals surface area contributed by atoms with E-state index in [0.29, 0.717) is 0 Å². The van der Waals surface area contributed by atoms with Crippen molar-refractivity contribution in [2.45, 2.75) is 0 Å². The maximum atomic E-state index is 2.44. The summed E-state index contributed by atoms with van der Waals surface area (Å²) in [6, 6.07) is 66.0. The normalized spacial score (nSPS) is 11.6. The Balaban J connectivity index is 1.16. The number of rotatable bonds is 6. The summed E-state index contributed by atoms with van der Waals surface area (Å²) in [6.45, 7) is 0. The van der Waals surface area contributed by atoms with Gasteiger partial charge in [0.25, 0.3) is 0 Å². The van der Waals surface area contributed by atoms with E-state index in [1.165, 1.54) is 56.8 Å². The Morgan fingerprint density at radius 2 is 0.800 bits per heavy atom. The minimum atomic E-state index is 1.14. The Morgan fingerprint density at radius 1 is 0.280 bits per heavy atom. The van der Waals surface area contributed by atoms with E-state index in [1.807, 2.05) is 22.7 Å². The molecule has 0 fully saturated rings. The van der Waals surface area contributed by atoms with Gasteiger partial charge in [-0.2, -0.15) is 0 Å². The zero-order valence-electron chi connectivity index (χ0n) is 27.0. The minimum Gasteiger partial charge on any atom is -0.310 e. The zero-order valence-corrected chi connectivity index (χ0v) is 28.7. The lowest BCUT2D eigenvalue weighted by atomic mass is 10.0. The Morgan fingerprint density at radius 3 is 1.50 bits per heavy atom. The Kier molecular flexibility index (Phi) is 6.90. The average molecular weight is 675 g/mol. The standard InChI is InChI=1S/C46H30N2S2/c1-4-14-31(15-5-1)47(32-16-6-2-7-17-32)34-25-27-43-40(28-34)37-26-24-35(29-44(37)49-43)48(33-18-8-3-9-19-33)41-30-45-46(38-21-11-10-20-36(38)41)39-22-12-13-23-42(39)50-45/h1-30H. The molecule has 10 aromatic rings. The lowest BCUT2D eigenvalue weighted by Crippen LogP contribution is -2.10. The third-order valence-electron chi connectivity index (χ3n) is 9.60. The van der Waals surface area contributed by atoms with Gasteiger partial charge in [0.15, 0.2) is 0 Å². The second-order valence-electron chi connectivity index (χ2n) is 12.6. The fourth-order valence-electron chi connectivity index (χ4n) is 7.39. The van der Waals surface area contributed by atoms with Crippen LogP contribution in [-0.2, 0) is 0 Å². The second-order valence-corrected chi connectivity index (χ2v) is 14.7. The number of nitrogens with zero attached hydrogens (tertiary/aromatic N) is 2. The van der Waals surface area contributed by atoms with Gasteiger partial charge >= 0.3 is 0 Å². The molecule has 0 atom stereocenters. The van der Waals surface area contributed by atoms with Gasteiger partial charge in [-0.1, -0.05) is 103 Å². The van der Waals surface area contributed by atoms with Gasteiger partial charge in [0.05, 0.1) is 5.69 Å². The predicted octanol–water partition coefficient (Wildman–Crippen LogP) is 14.5. The van der Waals surface area contributed by atoms with Gasteiger partial charge in [0.1, 0.15) is 0 Å². The summed E-state index contributed by atoms with van der Waals surface area (Å²) in [7, 11) is 0. The summed E-state index contributed by atoms with van der Waals surface area (Å²) >= 11 is 3.74. The zero-order chi connectivity index (χ0) is 33.0. The molecular formula is C46H30N2S2. The van der Waals surface area contributed by atoms with Gasteiger partial charge < -0.3 is 9.80 Å². The molecule has 50 heavy (non-hydrogen) atoms. The van der Waals surface area contributed by atoms with E-state index in [-0.39, 0.29) is 0 Å². The maximum Gasteiger partial charge on any atom is 0.0554 e. The van der Waals surface area contributed by atoms with E-state index in [4.69, 9.17) is 0 Å². The quantitative estimate of drug-likeness (QED) is 0.173. The molecule has 0 unspecified atom stereocenters. The predicted molar refractivity (Wildman–Crippen MR) is 219 cm³/mol. The van der Waals surface area contributed by atoms with Gasteiger partial charge in [-0.25, -0.2) is 0 Å². The smallest absolute Gasteiger partial charge is 0.0554 e. The third-order valence-corrected chi connectivity index (χ3v) is 11.9. The fourth-order valence-corrected chi connectivity index (χ4v) is 9.67. The number of hydrogen-bond acceptors (Lipinski definition) is 4. The van der Waals surface area contributed by atoms with Crippen LogP contribution in [0.2, 0.25) is 0 Å². The molecule has 4 heteroatoms. The first-order valence-electron chi connectivity index (χ1n) is 16.8. The SMILES string of the molecule is c1ccc(N(c2ccccc2)c2ccc3sc4cc(N(c5ccccc5)c5cc6sc7ccccc7c6c6ccccc56)ccc4c3c2)cc1. The van der Waals surface area contributed by atoms with Crippen LogP contribution in [-0.4, -0.2) is 0 Å². The van der Waals surface area contributed by atoms with E-state index in [0.717, 1.165) is 28.4 Å². The second kappa shape index (κ2) is 11.9. The summed E-state index contributed by atoms with van der Waals surface area (Å²) in [4.78, 5) is 4.78. The lowest BCUT2D eigenvalue weighted by Gasteiger charge is -2.27. The van der Waals surface area contributed by atoms with Crippen molar-refractivity contribution in [3.63, 3.8) is 0 Å². The highest BCUT2D eigenvalue weighted by Crippen LogP contribution is 2.48. The lowest BCUT2D eigenvalue weighted by molar-refractivity contribution is 1.29. The van der Waals surface area contributed by atoms with Crippen LogP contribution in [0.5, 0.6) is 0 Å². The minimum absolute atomic E-state index is 1.14. The van der Waals surface area contributed by atoms with Crippen molar-refractivity contribution in [2.75, 3.05) is 9.80 Å². The van der Waals surface area contributed by atoms with E-state index < -0.39 is 0 Å². The number of thiophene rings is 2. The number of anilines is 6. The molecule has 0 bridgehead atoms. The van der Waals surface area contributed by atoms with Gasteiger partial charge in [0, 0.05) is 74.2 Å². The molecule has 0 saturated carbocycles. The first-order valence-corrected chi connectivity index (χ1v) is 18.5. The van der Waals surface area contributed by atoms with Gasteiger partial charge in [-0.15, -0.1) is 22.7 Å². The summed E-state index contributed by atoms with van der Waals surface area (Å²) in [5.41, 5.74) is 6.91. The van der Waals surface area contributed by atoms with Crippen LogP contribution in [0, 0.1) is 0 Å². The summed E-state index contributed by atoms with van der Waals surface area (Å²) in [5, 5.41) is 7.74. The van der Waals surface area contributed by atoms with Crippen molar-refractivity contribution in [3.05, 3.63) is 182 Å². The fraction of sp³-hybridized carbons (Fsp3) is 0. The molecule has 236 valence electrons. The van der Waals surface area contributed by atoms with Crippen molar-refractivity contribution in [2.24, 2.45) is 0 Å². The van der Waals surface area contributed by atoms with Crippen LogP contribution in [0.15, 0.2) is 182 Å². The maximum absolute atomic E-state index is 2.44. The van der Waals surface area contributed by atoms with Crippen molar-refractivity contribution in [1.82, 2.24) is 0 Å². The molecule has 0 saturated heterocycles. The largest absolute Gasteiger partial charge is 0.310 e. The monoisotopic (exact) mass is 674 g/mol. The number of para-hydroxylation sites is 3. The van der Waals surface area contributed by atoms with Crippen LogP contribution in [0.3, 0.4) is 0 Å². The Bertz CT molecular complexity index is 2780. The summed E-state index contributed by atoms with van der Waals surface area (Å²) in [5.74, 6) is 0. The first kappa shape index (κ1) is 29.0. The van der Waals surface area contributed by atoms with Gasteiger partial charge in [-0.05, 0) is 84.2 Å². The van der Waals surface area contributed by atoms with Crippen LogP contribution in [0.1, 0.15) is 0 Å². The third kappa shape index (κ3) is 4.76.